The van der Waals surface area contributed by atoms with Gasteiger partial charge in [-0.2, -0.15) is 4.98 Å². The van der Waals surface area contributed by atoms with Gasteiger partial charge in [-0.15, -0.1) is 0 Å². The van der Waals surface area contributed by atoms with Crippen LogP contribution in [0.25, 0.3) is 22.4 Å². The van der Waals surface area contributed by atoms with E-state index >= 15 is 0 Å². The van der Waals surface area contributed by atoms with E-state index < -0.39 is 5.54 Å². The van der Waals surface area contributed by atoms with E-state index in [9.17, 15) is 0 Å². The highest BCUT2D eigenvalue weighted by atomic mass is 79.9. The molecule has 5 nitrogen and oxygen atoms in total. The zero-order chi connectivity index (χ0) is 16.0. The molecule has 0 atom stereocenters. The Morgan fingerprint density at radius 1 is 1.17 bits per heavy atom. The second-order valence-electron chi connectivity index (χ2n) is 6.26. The number of nitrogens with two attached hydrogens (primary N) is 1. The molecule has 0 unspecified atom stereocenters. The van der Waals surface area contributed by atoms with Gasteiger partial charge in [-0.3, -0.25) is 4.98 Å². The zero-order valence-corrected chi connectivity index (χ0v) is 14.4. The van der Waals surface area contributed by atoms with Crippen molar-refractivity contribution in [1.29, 1.82) is 0 Å². The Balaban J connectivity index is 1.86. The summed E-state index contributed by atoms with van der Waals surface area (Å²) in [4.78, 5) is 9.17. The van der Waals surface area contributed by atoms with Gasteiger partial charge in [0.1, 0.15) is 0 Å². The van der Waals surface area contributed by atoms with E-state index in [4.69, 9.17) is 10.3 Å². The number of pyridine rings is 1. The molecule has 118 valence electrons. The molecule has 1 aliphatic carbocycles. The molecule has 1 aromatic carbocycles. The van der Waals surface area contributed by atoms with Crippen LogP contribution in [-0.4, -0.2) is 15.1 Å². The van der Waals surface area contributed by atoms with E-state index in [1.807, 2.05) is 31.2 Å². The number of hydrogen-bond acceptors (Lipinski definition) is 5. The van der Waals surface area contributed by atoms with Crippen LogP contribution in [0.2, 0.25) is 0 Å². The lowest BCUT2D eigenvalue weighted by molar-refractivity contribution is 0.373. The fourth-order valence-corrected chi connectivity index (χ4v) is 3.63. The Morgan fingerprint density at radius 2 is 1.96 bits per heavy atom. The molecule has 0 bridgehead atoms. The summed E-state index contributed by atoms with van der Waals surface area (Å²) in [6.45, 7) is 1.96. The van der Waals surface area contributed by atoms with Crippen molar-refractivity contribution in [1.82, 2.24) is 15.1 Å². The number of nitrogens with zero attached hydrogens (tertiary/aromatic N) is 3. The molecule has 3 aromatic rings. The molecule has 4 rings (SSSR count). The van der Waals surface area contributed by atoms with E-state index in [0.717, 1.165) is 52.3 Å². The van der Waals surface area contributed by atoms with Crippen LogP contribution in [0.15, 0.2) is 33.3 Å². The van der Waals surface area contributed by atoms with E-state index in [1.165, 1.54) is 0 Å². The summed E-state index contributed by atoms with van der Waals surface area (Å²) >= 11 is 3.51. The van der Waals surface area contributed by atoms with Gasteiger partial charge in [-0.1, -0.05) is 33.9 Å². The first kappa shape index (κ1) is 14.8. The van der Waals surface area contributed by atoms with Crippen LogP contribution in [0.3, 0.4) is 0 Å². The van der Waals surface area contributed by atoms with Crippen LogP contribution >= 0.6 is 15.9 Å². The summed E-state index contributed by atoms with van der Waals surface area (Å²) in [6.07, 6.45) is 4.05. The first-order valence-corrected chi connectivity index (χ1v) is 8.55. The Bertz CT molecular complexity index is 883. The average Bonchev–Trinajstić information content (AvgIpc) is 3.17. The van der Waals surface area contributed by atoms with Crippen LogP contribution in [0, 0.1) is 6.92 Å². The lowest BCUT2D eigenvalue weighted by Crippen LogP contribution is -2.34. The van der Waals surface area contributed by atoms with Crippen molar-refractivity contribution in [2.45, 2.75) is 38.1 Å². The van der Waals surface area contributed by atoms with Gasteiger partial charge in [0.15, 0.2) is 5.82 Å². The van der Waals surface area contributed by atoms with Crippen molar-refractivity contribution in [2.75, 3.05) is 0 Å². The lowest BCUT2D eigenvalue weighted by atomic mass is 9.98. The van der Waals surface area contributed by atoms with Gasteiger partial charge < -0.3 is 10.3 Å². The van der Waals surface area contributed by atoms with E-state index in [0.29, 0.717) is 11.7 Å². The summed E-state index contributed by atoms with van der Waals surface area (Å²) < 4.78 is 6.54. The average molecular weight is 373 g/mol. The first-order chi connectivity index (χ1) is 11.0. The molecule has 0 spiro atoms. The van der Waals surface area contributed by atoms with Gasteiger partial charge in [0.05, 0.1) is 16.6 Å². The highest BCUT2D eigenvalue weighted by Gasteiger charge is 2.36. The van der Waals surface area contributed by atoms with Gasteiger partial charge in [0.25, 0.3) is 5.89 Å². The first-order valence-electron chi connectivity index (χ1n) is 7.75. The van der Waals surface area contributed by atoms with Crippen molar-refractivity contribution in [3.63, 3.8) is 0 Å². The number of benzene rings is 1. The van der Waals surface area contributed by atoms with Crippen molar-refractivity contribution in [2.24, 2.45) is 5.73 Å². The van der Waals surface area contributed by atoms with E-state index in [-0.39, 0.29) is 0 Å². The molecule has 0 aliphatic heterocycles. The van der Waals surface area contributed by atoms with Crippen molar-refractivity contribution < 1.29 is 4.52 Å². The fourth-order valence-electron chi connectivity index (χ4n) is 3.27. The van der Waals surface area contributed by atoms with Gasteiger partial charge in [0, 0.05) is 15.6 Å². The highest BCUT2D eigenvalue weighted by Crippen LogP contribution is 2.36. The molecular weight excluding hydrogens is 356 g/mol. The van der Waals surface area contributed by atoms with E-state index in [2.05, 4.69) is 31.1 Å². The number of aromatic nitrogens is 3. The van der Waals surface area contributed by atoms with E-state index in [1.54, 1.807) is 0 Å². The molecule has 1 fully saturated rings. The van der Waals surface area contributed by atoms with Gasteiger partial charge in [0.2, 0.25) is 0 Å². The van der Waals surface area contributed by atoms with Gasteiger partial charge in [-0.25, -0.2) is 0 Å². The third-order valence-electron chi connectivity index (χ3n) is 4.50. The third-order valence-corrected chi connectivity index (χ3v) is 4.99. The minimum atomic E-state index is -0.444. The van der Waals surface area contributed by atoms with Crippen LogP contribution in [0.5, 0.6) is 0 Å². The predicted octanol–water partition coefficient (Wildman–Crippen LogP) is 4.08. The minimum Gasteiger partial charge on any atom is -0.334 e. The molecule has 2 aromatic heterocycles. The van der Waals surface area contributed by atoms with Gasteiger partial charge in [-0.05, 0) is 44.0 Å². The van der Waals surface area contributed by atoms with Crippen molar-refractivity contribution in [3.05, 3.63) is 40.3 Å². The molecule has 1 saturated carbocycles. The monoisotopic (exact) mass is 372 g/mol. The summed E-state index contributed by atoms with van der Waals surface area (Å²) in [7, 11) is 0. The smallest absolute Gasteiger partial charge is 0.258 e. The van der Waals surface area contributed by atoms with Gasteiger partial charge >= 0.3 is 0 Å². The van der Waals surface area contributed by atoms with Crippen LogP contribution < -0.4 is 5.73 Å². The van der Waals surface area contributed by atoms with Crippen LogP contribution in [0.4, 0.5) is 0 Å². The number of halogens is 1. The Kier molecular flexibility index (Phi) is 3.46. The molecule has 1 aliphatic rings. The Labute approximate surface area is 142 Å². The quantitative estimate of drug-likeness (QED) is 0.732. The molecule has 6 heteroatoms. The maximum atomic E-state index is 6.43. The second kappa shape index (κ2) is 5.39. The summed E-state index contributed by atoms with van der Waals surface area (Å²) in [5.41, 5.74) is 8.71. The molecule has 2 N–H and O–H groups in total. The summed E-state index contributed by atoms with van der Waals surface area (Å²) in [5, 5.41) is 5.15. The highest BCUT2D eigenvalue weighted by molar-refractivity contribution is 9.10. The standard InChI is InChI=1S/C17H17BrN4O/c1-10-8-13(12-9-11(18)4-5-14(12)20-10)15-21-16(22-23-15)17(19)6-2-3-7-17/h4-5,8-9H,2-3,6-7,19H2,1H3. The molecule has 2 heterocycles. The minimum absolute atomic E-state index is 0.444. The molecule has 0 amide bonds. The maximum Gasteiger partial charge on any atom is 0.258 e. The molecular formula is C17H17BrN4O. The maximum absolute atomic E-state index is 6.43. The number of rotatable bonds is 2. The van der Waals surface area contributed by atoms with Crippen molar-refractivity contribution >= 4 is 26.8 Å². The largest absolute Gasteiger partial charge is 0.334 e. The van der Waals surface area contributed by atoms with Crippen molar-refractivity contribution in [3.8, 4) is 11.5 Å². The number of fused-ring (bicyclic) bond motifs is 1. The second-order valence-corrected chi connectivity index (χ2v) is 7.17. The molecule has 23 heavy (non-hydrogen) atoms. The zero-order valence-electron chi connectivity index (χ0n) is 12.8. The SMILES string of the molecule is Cc1cc(-c2nc(C3(N)CCCC3)no2)c2cc(Br)ccc2n1. The van der Waals surface area contributed by atoms with Crippen LogP contribution in [-0.2, 0) is 5.54 Å². The fraction of sp³-hybridized carbons (Fsp3) is 0.353. The Hall–Kier alpha value is -1.79. The normalized spacial score (nSPS) is 17.0. The lowest BCUT2D eigenvalue weighted by Gasteiger charge is -2.17. The third kappa shape index (κ3) is 2.56. The molecule has 0 saturated heterocycles. The number of hydrogen-bond donors (Lipinski definition) is 1. The molecule has 0 radical (unpaired) electrons. The Morgan fingerprint density at radius 3 is 2.74 bits per heavy atom. The number of aryl methyl sites for hydroxylation is 1. The summed E-state index contributed by atoms with van der Waals surface area (Å²) in [5.74, 6) is 1.12. The topological polar surface area (TPSA) is 77.8 Å². The summed E-state index contributed by atoms with van der Waals surface area (Å²) in [6, 6.07) is 7.96. The predicted molar refractivity (Wildman–Crippen MR) is 91.8 cm³/mol. The van der Waals surface area contributed by atoms with Crippen LogP contribution in [0.1, 0.15) is 37.2 Å².